The van der Waals surface area contributed by atoms with E-state index in [9.17, 15) is 4.79 Å². The fraction of sp³-hybridized carbons (Fsp3) is 0.231. The van der Waals surface area contributed by atoms with Gasteiger partial charge in [-0.1, -0.05) is 6.92 Å². The van der Waals surface area contributed by atoms with Gasteiger partial charge in [0.15, 0.2) is 5.13 Å². The van der Waals surface area contributed by atoms with Crippen LogP contribution < -0.4 is 11.1 Å². The normalized spacial score (nSPS) is 10.5. The van der Waals surface area contributed by atoms with Crippen molar-refractivity contribution in [1.82, 2.24) is 4.98 Å². The largest absolute Gasteiger partial charge is 0.398 e. The minimum Gasteiger partial charge on any atom is -0.398 e. The number of nitrogen functional groups attached to an aromatic ring is 1. The van der Waals surface area contributed by atoms with Gasteiger partial charge < -0.3 is 5.73 Å². The first-order valence-corrected chi connectivity index (χ1v) is 7.45. The van der Waals surface area contributed by atoms with Crippen LogP contribution in [0.5, 0.6) is 0 Å². The summed E-state index contributed by atoms with van der Waals surface area (Å²) in [7, 11) is 0. The highest BCUT2D eigenvalue weighted by atomic mass is 79.9. The fourth-order valence-corrected chi connectivity index (χ4v) is 2.92. The topological polar surface area (TPSA) is 68.0 Å². The van der Waals surface area contributed by atoms with Crippen LogP contribution in [0.25, 0.3) is 0 Å². The number of hydrogen-bond donors (Lipinski definition) is 2. The van der Waals surface area contributed by atoms with Crippen LogP contribution in [0.15, 0.2) is 22.7 Å². The minimum absolute atomic E-state index is 0.183. The third kappa shape index (κ3) is 3.13. The molecule has 0 saturated heterocycles. The van der Waals surface area contributed by atoms with Crippen molar-refractivity contribution in [3.05, 3.63) is 38.8 Å². The predicted octanol–water partition coefficient (Wildman–Crippen LogP) is 3.61. The summed E-state index contributed by atoms with van der Waals surface area (Å²) in [5, 5.41) is 3.44. The second kappa shape index (κ2) is 5.71. The molecule has 1 heterocycles. The summed E-state index contributed by atoms with van der Waals surface area (Å²) in [5.74, 6) is -0.183. The molecule has 2 rings (SSSR count). The van der Waals surface area contributed by atoms with Crippen LogP contribution in [0.2, 0.25) is 0 Å². The van der Waals surface area contributed by atoms with Crippen molar-refractivity contribution >= 4 is 44.0 Å². The van der Waals surface area contributed by atoms with Crippen LogP contribution in [0, 0.1) is 6.92 Å². The molecular weight excluding hydrogens is 326 g/mol. The molecule has 0 fully saturated rings. The molecule has 0 radical (unpaired) electrons. The van der Waals surface area contributed by atoms with Gasteiger partial charge in [-0.2, -0.15) is 0 Å². The Balaban J connectivity index is 2.18. The zero-order chi connectivity index (χ0) is 14.0. The van der Waals surface area contributed by atoms with Gasteiger partial charge in [-0.15, -0.1) is 11.3 Å². The summed E-state index contributed by atoms with van der Waals surface area (Å²) < 4.78 is 0.713. The molecule has 4 nitrogen and oxygen atoms in total. The Morgan fingerprint density at radius 2 is 2.26 bits per heavy atom. The van der Waals surface area contributed by atoms with E-state index in [1.165, 1.54) is 11.3 Å². The maximum absolute atomic E-state index is 12.1. The van der Waals surface area contributed by atoms with E-state index in [1.807, 2.05) is 13.8 Å². The van der Waals surface area contributed by atoms with E-state index in [4.69, 9.17) is 5.73 Å². The first kappa shape index (κ1) is 14.0. The highest BCUT2D eigenvalue weighted by Crippen LogP contribution is 2.24. The number of nitrogens with two attached hydrogens (primary N) is 1. The lowest BCUT2D eigenvalue weighted by atomic mass is 10.2. The Hall–Kier alpha value is -1.40. The summed E-state index contributed by atoms with van der Waals surface area (Å²) in [4.78, 5) is 17.6. The van der Waals surface area contributed by atoms with Gasteiger partial charge in [0.05, 0.1) is 5.69 Å². The Morgan fingerprint density at radius 3 is 2.84 bits per heavy atom. The molecule has 1 amide bonds. The number of carbonyl (C=O) groups is 1. The molecule has 3 N–H and O–H groups in total. The smallest absolute Gasteiger partial charge is 0.257 e. The second-order valence-electron chi connectivity index (χ2n) is 4.07. The lowest BCUT2D eigenvalue weighted by Gasteiger charge is -2.03. The number of benzene rings is 1. The molecule has 0 atom stereocenters. The van der Waals surface area contributed by atoms with Crippen molar-refractivity contribution in [3.8, 4) is 0 Å². The van der Waals surface area contributed by atoms with Crippen molar-refractivity contribution in [1.29, 1.82) is 0 Å². The molecule has 0 unspecified atom stereocenters. The van der Waals surface area contributed by atoms with Crippen molar-refractivity contribution in [2.75, 3.05) is 11.1 Å². The average Bonchev–Trinajstić information content (AvgIpc) is 2.72. The summed E-state index contributed by atoms with van der Waals surface area (Å²) in [5.41, 5.74) is 7.87. The van der Waals surface area contributed by atoms with Gasteiger partial charge in [-0.05, 0) is 47.5 Å². The number of carbonyl (C=O) groups excluding carboxylic acids is 1. The Labute approximate surface area is 124 Å². The zero-order valence-electron chi connectivity index (χ0n) is 10.7. The summed E-state index contributed by atoms with van der Waals surface area (Å²) in [6.07, 6.45) is 0.867. The SMILES string of the molecule is CCc1nc(NC(=O)c2ccc(N)c(Br)c2)sc1C. The zero-order valence-corrected chi connectivity index (χ0v) is 13.1. The van der Waals surface area contributed by atoms with Crippen LogP contribution in [0.1, 0.15) is 27.9 Å². The van der Waals surface area contributed by atoms with Gasteiger partial charge in [0.25, 0.3) is 5.91 Å². The molecule has 0 spiro atoms. The highest BCUT2D eigenvalue weighted by Gasteiger charge is 2.11. The van der Waals surface area contributed by atoms with Crippen LogP contribution >= 0.6 is 27.3 Å². The molecular formula is C13H14BrN3OS. The molecule has 0 aliphatic carbocycles. The molecule has 0 bridgehead atoms. The van der Waals surface area contributed by atoms with Crippen LogP contribution in [0.3, 0.4) is 0 Å². The van der Waals surface area contributed by atoms with Crippen molar-refractivity contribution in [2.45, 2.75) is 20.3 Å². The van der Waals surface area contributed by atoms with E-state index in [0.717, 1.165) is 17.0 Å². The van der Waals surface area contributed by atoms with Gasteiger partial charge in [-0.3, -0.25) is 10.1 Å². The maximum atomic E-state index is 12.1. The number of nitrogens with zero attached hydrogens (tertiary/aromatic N) is 1. The van der Waals surface area contributed by atoms with Crippen molar-refractivity contribution < 1.29 is 4.79 Å². The number of amides is 1. The van der Waals surface area contributed by atoms with E-state index >= 15 is 0 Å². The van der Waals surface area contributed by atoms with Gasteiger partial charge in [0, 0.05) is 20.6 Å². The number of aromatic nitrogens is 1. The highest BCUT2D eigenvalue weighted by molar-refractivity contribution is 9.10. The first-order chi connectivity index (χ1) is 9.01. The number of hydrogen-bond acceptors (Lipinski definition) is 4. The first-order valence-electron chi connectivity index (χ1n) is 5.84. The lowest BCUT2D eigenvalue weighted by molar-refractivity contribution is 0.102. The van der Waals surface area contributed by atoms with E-state index < -0.39 is 0 Å². The standard InChI is InChI=1S/C13H14BrN3OS/c1-3-11-7(2)19-13(16-11)17-12(18)8-4-5-10(15)9(14)6-8/h4-6H,3,15H2,1-2H3,(H,16,17,18). The molecule has 6 heteroatoms. The summed E-state index contributed by atoms with van der Waals surface area (Å²) in [6, 6.07) is 5.09. The van der Waals surface area contributed by atoms with Crippen LogP contribution in [-0.4, -0.2) is 10.9 Å². The average molecular weight is 340 g/mol. The second-order valence-corrected chi connectivity index (χ2v) is 6.12. The van der Waals surface area contributed by atoms with E-state index in [-0.39, 0.29) is 5.91 Å². The number of anilines is 2. The van der Waals surface area contributed by atoms with Crippen LogP contribution in [0.4, 0.5) is 10.8 Å². The number of thiazole rings is 1. The third-order valence-corrected chi connectivity index (χ3v) is 4.33. The predicted molar refractivity (Wildman–Crippen MR) is 82.7 cm³/mol. The Bertz CT molecular complexity index is 624. The molecule has 0 saturated carbocycles. The number of halogens is 1. The number of rotatable bonds is 3. The molecule has 1 aromatic heterocycles. The maximum Gasteiger partial charge on any atom is 0.257 e. The quantitative estimate of drug-likeness (QED) is 0.839. The van der Waals surface area contributed by atoms with Gasteiger partial charge >= 0.3 is 0 Å². The Kier molecular flexibility index (Phi) is 4.21. The van der Waals surface area contributed by atoms with Crippen LogP contribution in [-0.2, 0) is 6.42 Å². The molecule has 1 aromatic carbocycles. The summed E-state index contributed by atoms with van der Waals surface area (Å²) in [6.45, 7) is 4.05. The third-order valence-electron chi connectivity index (χ3n) is 2.71. The van der Waals surface area contributed by atoms with E-state index in [0.29, 0.717) is 20.9 Å². The number of nitrogens with one attached hydrogen (secondary N) is 1. The monoisotopic (exact) mass is 339 g/mol. The summed E-state index contributed by atoms with van der Waals surface area (Å²) >= 11 is 4.80. The van der Waals surface area contributed by atoms with Gasteiger partial charge in [-0.25, -0.2) is 4.98 Å². The van der Waals surface area contributed by atoms with Gasteiger partial charge in [0.2, 0.25) is 0 Å². The van der Waals surface area contributed by atoms with Gasteiger partial charge in [0.1, 0.15) is 0 Å². The molecule has 19 heavy (non-hydrogen) atoms. The molecule has 0 aliphatic rings. The van der Waals surface area contributed by atoms with Crippen molar-refractivity contribution in [2.24, 2.45) is 0 Å². The fourth-order valence-electron chi connectivity index (χ4n) is 1.65. The molecule has 2 aromatic rings. The molecule has 100 valence electrons. The lowest BCUT2D eigenvalue weighted by Crippen LogP contribution is -2.11. The number of aryl methyl sites for hydroxylation is 2. The molecule has 0 aliphatic heterocycles. The van der Waals surface area contributed by atoms with Crippen molar-refractivity contribution in [3.63, 3.8) is 0 Å². The van der Waals surface area contributed by atoms with E-state index in [2.05, 4.69) is 26.2 Å². The minimum atomic E-state index is -0.183. The Morgan fingerprint density at radius 1 is 1.53 bits per heavy atom. The van der Waals surface area contributed by atoms with E-state index in [1.54, 1.807) is 18.2 Å².